The second-order valence-corrected chi connectivity index (χ2v) is 12.3. The van der Waals surface area contributed by atoms with Crippen LogP contribution in [0.1, 0.15) is 25.7 Å². The number of fused-ring (bicyclic) bond motifs is 1. The third kappa shape index (κ3) is 2.14. The van der Waals surface area contributed by atoms with Gasteiger partial charge in [0.1, 0.15) is 12.0 Å². The molecule has 2 aliphatic heterocycles. The van der Waals surface area contributed by atoms with Crippen molar-refractivity contribution in [3.63, 3.8) is 0 Å². The second-order valence-electron chi connectivity index (χ2n) is 6.91. The van der Waals surface area contributed by atoms with E-state index in [4.69, 9.17) is 9.16 Å². The lowest BCUT2D eigenvalue weighted by Crippen LogP contribution is -2.65. The Balaban J connectivity index is 2.05. The van der Waals surface area contributed by atoms with Gasteiger partial charge in [-0.05, 0) is 32.5 Å². The third-order valence-corrected chi connectivity index (χ3v) is 6.15. The molecule has 1 saturated heterocycles. The second kappa shape index (κ2) is 4.43. The molecule has 19 heavy (non-hydrogen) atoms. The van der Waals surface area contributed by atoms with Gasteiger partial charge in [-0.1, -0.05) is 34.8 Å². The van der Waals surface area contributed by atoms with E-state index in [1.54, 1.807) is 0 Å². The molecule has 3 nitrogen and oxygen atoms in total. The first kappa shape index (κ1) is 13.8. The summed E-state index contributed by atoms with van der Waals surface area (Å²) in [5.74, 6) is 0.0172. The van der Waals surface area contributed by atoms with Gasteiger partial charge in [-0.2, -0.15) is 0 Å². The van der Waals surface area contributed by atoms with Crippen molar-refractivity contribution in [2.75, 3.05) is 0 Å². The van der Waals surface area contributed by atoms with Crippen LogP contribution >= 0.6 is 15.9 Å². The van der Waals surface area contributed by atoms with Crippen molar-refractivity contribution in [1.82, 2.24) is 0 Å². The van der Waals surface area contributed by atoms with E-state index < -0.39 is 8.32 Å². The van der Waals surface area contributed by atoms with Crippen LogP contribution in [0.15, 0.2) is 10.6 Å². The van der Waals surface area contributed by atoms with E-state index in [-0.39, 0.29) is 23.6 Å². The summed E-state index contributed by atoms with van der Waals surface area (Å²) < 4.78 is 13.2. The maximum Gasteiger partial charge on any atom is 0.316 e. The van der Waals surface area contributed by atoms with E-state index in [0.717, 1.165) is 23.7 Å². The molecular formula is C14H21BrO3Si. The number of rotatable bonds is 2. The fraction of sp³-hybridized carbons (Fsp3) is 0.786. The number of carbonyl (C=O) groups excluding carboxylic acids is 1. The highest BCUT2D eigenvalue weighted by Gasteiger charge is 2.62. The van der Waals surface area contributed by atoms with Crippen molar-refractivity contribution in [2.24, 2.45) is 11.8 Å². The zero-order valence-corrected chi connectivity index (χ0v) is 14.3. The van der Waals surface area contributed by atoms with Crippen molar-refractivity contribution in [3.05, 3.63) is 10.6 Å². The highest BCUT2D eigenvalue weighted by Crippen LogP contribution is 2.55. The van der Waals surface area contributed by atoms with Gasteiger partial charge in [-0.15, -0.1) is 0 Å². The average molecular weight is 345 g/mol. The molecule has 0 aromatic carbocycles. The first-order valence-corrected chi connectivity index (χ1v) is 11.3. The van der Waals surface area contributed by atoms with E-state index in [0.29, 0.717) is 5.92 Å². The molecule has 106 valence electrons. The van der Waals surface area contributed by atoms with Crippen LogP contribution in [0.25, 0.3) is 0 Å². The van der Waals surface area contributed by atoms with Crippen LogP contribution in [0.5, 0.6) is 0 Å². The maximum atomic E-state index is 12.2. The van der Waals surface area contributed by atoms with Crippen LogP contribution in [0.3, 0.4) is 0 Å². The van der Waals surface area contributed by atoms with Crippen LogP contribution in [-0.2, 0) is 14.0 Å². The van der Waals surface area contributed by atoms with E-state index >= 15 is 0 Å². The van der Waals surface area contributed by atoms with E-state index in [2.05, 4.69) is 35.6 Å². The Hall–Kier alpha value is -0.133. The third-order valence-electron chi connectivity index (χ3n) is 4.44. The lowest BCUT2D eigenvalue weighted by molar-refractivity contribution is -0.198. The molecule has 0 N–H and O–H groups in total. The Kier molecular flexibility index (Phi) is 3.23. The van der Waals surface area contributed by atoms with Crippen molar-refractivity contribution in [3.8, 4) is 0 Å². The first-order valence-electron chi connectivity index (χ1n) is 7.11. The summed E-state index contributed by atoms with van der Waals surface area (Å²) >= 11 is 3.58. The minimum Gasteiger partial charge on any atom is -0.456 e. The van der Waals surface area contributed by atoms with Gasteiger partial charge in [-0.3, -0.25) is 4.79 Å². The van der Waals surface area contributed by atoms with Crippen LogP contribution < -0.4 is 0 Å². The van der Waals surface area contributed by atoms with Gasteiger partial charge in [0.15, 0.2) is 8.32 Å². The molecule has 0 amide bonds. The number of carbonyl (C=O) groups is 1. The number of hydrogen-bond donors (Lipinski definition) is 0. The highest BCUT2D eigenvalue weighted by molar-refractivity contribution is 9.11. The van der Waals surface area contributed by atoms with Gasteiger partial charge < -0.3 is 9.16 Å². The summed E-state index contributed by atoms with van der Waals surface area (Å²) in [7, 11) is -1.70. The molecule has 0 radical (unpaired) electrons. The maximum absolute atomic E-state index is 12.2. The Bertz CT molecular complexity index is 442. The number of halogens is 1. The van der Waals surface area contributed by atoms with Crippen molar-refractivity contribution in [2.45, 2.75) is 57.0 Å². The van der Waals surface area contributed by atoms with Crippen LogP contribution in [0, 0.1) is 11.8 Å². The summed E-state index contributed by atoms with van der Waals surface area (Å²) in [5.41, 5.74) is -0.292. The minimum atomic E-state index is -1.70. The molecule has 2 heterocycles. The molecular weight excluding hydrogens is 324 g/mol. The fourth-order valence-electron chi connectivity index (χ4n) is 3.94. The fourth-order valence-corrected chi connectivity index (χ4v) is 6.14. The molecule has 0 aromatic rings. The van der Waals surface area contributed by atoms with Crippen LogP contribution in [0.4, 0.5) is 0 Å². The lowest BCUT2D eigenvalue weighted by Gasteiger charge is -2.57. The van der Waals surface area contributed by atoms with Crippen molar-refractivity contribution >= 4 is 30.2 Å². The Morgan fingerprint density at radius 3 is 2.84 bits per heavy atom. The van der Waals surface area contributed by atoms with Gasteiger partial charge in [0.25, 0.3) is 0 Å². The standard InChI is InChI=1S/C14H21BrO3Si/c1-19(2,3)18-14-7-5-4-6-9(14)12-11(15)8-10(14)13(16)17-12/h8-10,12H,4-7H2,1-3H3/t9-,10-,12+,14+/m1/s1. The summed E-state index contributed by atoms with van der Waals surface area (Å²) in [6.07, 6.45) is 6.38. The van der Waals surface area contributed by atoms with E-state index in [1.165, 1.54) is 6.42 Å². The number of hydrogen-bond acceptors (Lipinski definition) is 3. The molecule has 4 atom stereocenters. The minimum absolute atomic E-state index is 0.0930. The smallest absolute Gasteiger partial charge is 0.316 e. The molecule has 0 unspecified atom stereocenters. The topological polar surface area (TPSA) is 35.5 Å². The molecule has 1 saturated carbocycles. The summed E-state index contributed by atoms with van der Waals surface area (Å²) in [5, 5.41) is 0. The van der Waals surface area contributed by atoms with Crippen LogP contribution in [0.2, 0.25) is 19.6 Å². The Morgan fingerprint density at radius 1 is 1.42 bits per heavy atom. The van der Waals surface area contributed by atoms with Crippen molar-refractivity contribution in [1.29, 1.82) is 0 Å². The molecule has 4 aliphatic rings. The van der Waals surface area contributed by atoms with Gasteiger partial charge in [0.05, 0.1) is 5.60 Å². The van der Waals surface area contributed by atoms with Gasteiger partial charge in [0.2, 0.25) is 0 Å². The molecule has 2 bridgehead atoms. The Labute approximate surface area is 124 Å². The normalized spacial score (nSPS) is 41.6. The van der Waals surface area contributed by atoms with Crippen molar-refractivity contribution < 1.29 is 14.0 Å². The lowest BCUT2D eigenvalue weighted by atomic mass is 9.62. The average Bonchev–Trinajstić information content (AvgIpc) is 2.29. The molecule has 5 heteroatoms. The summed E-state index contributed by atoms with van der Waals surface area (Å²) in [6.45, 7) is 6.62. The summed E-state index contributed by atoms with van der Waals surface area (Å²) in [4.78, 5) is 12.2. The monoisotopic (exact) mass is 344 g/mol. The molecule has 4 rings (SSSR count). The van der Waals surface area contributed by atoms with Gasteiger partial charge in [0, 0.05) is 10.4 Å². The summed E-state index contributed by atoms with van der Waals surface area (Å²) in [6, 6.07) is 0. The molecule has 0 aromatic heterocycles. The largest absolute Gasteiger partial charge is 0.456 e. The predicted molar refractivity (Wildman–Crippen MR) is 79.5 cm³/mol. The number of esters is 1. The van der Waals surface area contributed by atoms with Crippen LogP contribution in [-0.4, -0.2) is 26.0 Å². The first-order chi connectivity index (χ1) is 8.83. The zero-order chi connectivity index (χ0) is 13.8. The predicted octanol–water partition coefficient (Wildman–Crippen LogP) is 3.60. The number of ether oxygens (including phenoxy) is 1. The quantitative estimate of drug-likeness (QED) is 0.567. The Morgan fingerprint density at radius 2 is 2.16 bits per heavy atom. The van der Waals surface area contributed by atoms with E-state index in [9.17, 15) is 4.79 Å². The highest BCUT2D eigenvalue weighted by atomic mass is 79.9. The SMILES string of the molecule is C[Si](C)(C)O[C@@]12CCCC[C@@H]1[C@@H]1OC(=O)[C@H]2C=C1Br. The molecule has 2 fully saturated rings. The van der Waals surface area contributed by atoms with Gasteiger partial charge >= 0.3 is 5.97 Å². The molecule has 2 aliphatic carbocycles. The molecule has 0 spiro atoms. The van der Waals surface area contributed by atoms with Gasteiger partial charge in [-0.25, -0.2) is 0 Å². The van der Waals surface area contributed by atoms with E-state index in [1.807, 2.05) is 6.08 Å². The zero-order valence-electron chi connectivity index (χ0n) is 11.7.